The Morgan fingerprint density at radius 2 is 1.43 bits per heavy atom. The van der Waals surface area contributed by atoms with Crippen LogP contribution < -0.4 is 22.1 Å². The minimum Gasteiger partial charge on any atom is -0.369 e. The lowest BCUT2D eigenvalue weighted by Gasteiger charge is -2.10. The zero-order valence-corrected chi connectivity index (χ0v) is 13.5. The summed E-state index contributed by atoms with van der Waals surface area (Å²) in [6, 6.07) is 17.4. The average molecular weight is 326 g/mol. The number of nitrogens with two attached hydrogens (primary N) is 2. The molecule has 6 nitrogen and oxygen atoms in total. The van der Waals surface area contributed by atoms with Gasteiger partial charge in [-0.05, 0) is 49.0 Å². The normalized spacial score (nSPS) is 10.7. The molecule has 0 spiro atoms. The Morgan fingerprint density at radius 3 is 2.00 bits per heavy atom. The van der Waals surface area contributed by atoms with Crippen molar-refractivity contribution in [3.8, 4) is 0 Å². The molecular formula is C16H18N6S. The van der Waals surface area contributed by atoms with Crippen LogP contribution in [0.15, 0.2) is 64.8 Å². The summed E-state index contributed by atoms with van der Waals surface area (Å²) in [5.74, 6) is -0.0695. The SMILES string of the molecule is CC(=NN=C(N)N)c1ccc(NC(=S)Nc2ccccc2)cc1. The van der Waals surface area contributed by atoms with Crippen LogP contribution in [0, 0.1) is 0 Å². The van der Waals surface area contributed by atoms with Crippen molar-refractivity contribution in [2.24, 2.45) is 21.7 Å². The quantitative estimate of drug-likeness (QED) is 0.299. The zero-order valence-electron chi connectivity index (χ0n) is 12.7. The molecule has 0 heterocycles. The van der Waals surface area contributed by atoms with Crippen molar-refractivity contribution in [2.75, 3.05) is 10.6 Å². The summed E-state index contributed by atoms with van der Waals surface area (Å²) in [5, 5.41) is 14.3. The highest BCUT2D eigenvalue weighted by molar-refractivity contribution is 7.80. The fourth-order valence-electron chi connectivity index (χ4n) is 1.80. The molecule has 0 aliphatic heterocycles. The number of anilines is 2. The van der Waals surface area contributed by atoms with Crippen LogP contribution in [-0.4, -0.2) is 16.8 Å². The average Bonchev–Trinajstić information content (AvgIpc) is 2.54. The van der Waals surface area contributed by atoms with Gasteiger partial charge in [0.1, 0.15) is 0 Å². The van der Waals surface area contributed by atoms with E-state index in [1.54, 1.807) is 0 Å². The Labute approximate surface area is 140 Å². The molecule has 6 N–H and O–H groups in total. The molecule has 0 aliphatic rings. The lowest BCUT2D eigenvalue weighted by atomic mass is 10.1. The maximum atomic E-state index is 5.28. The molecule has 0 fully saturated rings. The van der Waals surface area contributed by atoms with Gasteiger partial charge in [-0.15, -0.1) is 5.10 Å². The smallest absolute Gasteiger partial charge is 0.211 e. The van der Waals surface area contributed by atoms with Gasteiger partial charge in [-0.25, -0.2) is 0 Å². The molecular weight excluding hydrogens is 308 g/mol. The van der Waals surface area contributed by atoms with E-state index in [2.05, 4.69) is 20.8 Å². The van der Waals surface area contributed by atoms with Crippen LogP contribution in [0.3, 0.4) is 0 Å². The Kier molecular flexibility index (Phi) is 5.65. The highest BCUT2D eigenvalue weighted by atomic mass is 32.1. The number of thiocarbonyl (C=S) groups is 1. The van der Waals surface area contributed by atoms with E-state index in [0.29, 0.717) is 5.11 Å². The number of benzene rings is 2. The third-order valence-corrected chi connectivity index (χ3v) is 3.11. The predicted molar refractivity (Wildman–Crippen MR) is 101 cm³/mol. The van der Waals surface area contributed by atoms with E-state index >= 15 is 0 Å². The summed E-state index contributed by atoms with van der Waals surface area (Å²) in [6.07, 6.45) is 0. The standard InChI is InChI=1S/C16H18N6S/c1-11(21-22-15(17)18)12-7-9-14(10-8-12)20-16(23)19-13-5-3-2-4-6-13/h2-10H,1H3,(H4,17,18,22)(H2,19,20,23). The van der Waals surface area contributed by atoms with E-state index in [4.69, 9.17) is 23.7 Å². The van der Waals surface area contributed by atoms with Crippen molar-refractivity contribution in [1.82, 2.24) is 0 Å². The summed E-state index contributed by atoms with van der Waals surface area (Å²) >= 11 is 5.28. The molecule has 23 heavy (non-hydrogen) atoms. The molecule has 0 unspecified atom stereocenters. The zero-order chi connectivity index (χ0) is 16.7. The van der Waals surface area contributed by atoms with Crippen LogP contribution in [0.1, 0.15) is 12.5 Å². The summed E-state index contributed by atoms with van der Waals surface area (Å²) in [7, 11) is 0. The Hall–Kier alpha value is -2.93. The molecule has 0 radical (unpaired) electrons. The van der Waals surface area contributed by atoms with Gasteiger partial charge in [0.2, 0.25) is 5.96 Å². The molecule has 0 atom stereocenters. The van der Waals surface area contributed by atoms with Gasteiger partial charge in [0.05, 0.1) is 5.71 Å². The fourth-order valence-corrected chi connectivity index (χ4v) is 2.04. The van der Waals surface area contributed by atoms with Crippen molar-refractivity contribution in [3.63, 3.8) is 0 Å². The molecule has 0 saturated heterocycles. The maximum absolute atomic E-state index is 5.28. The maximum Gasteiger partial charge on any atom is 0.211 e. The van der Waals surface area contributed by atoms with Crippen molar-refractivity contribution >= 4 is 40.4 Å². The van der Waals surface area contributed by atoms with Crippen molar-refractivity contribution in [2.45, 2.75) is 6.92 Å². The van der Waals surface area contributed by atoms with Crippen LogP contribution in [0.2, 0.25) is 0 Å². The van der Waals surface area contributed by atoms with Gasteiger partial charge < -0.3 is 22.1 Å². The third kappa shape index (κ3) is 5.40. The van der Waals surface area contributed by atoms with E-state index in [1.165, 1.54) is 0 Å². The van der Waals surface area contributed by atoms with Gasteiger partial charge in [0, 0.05) is 11.4 Å². The van der Waals surface area contributed by atoms with E-state index in [1.807, 2.05) is 61.5 Å². The van der Waals surface area contributed by atoms with Crippen LogP contribution >= 0.6 is 12.2 Å². The fraction of sp³-hybridized carbons (Fsp3) is 0.0625. The van der Waals surface area contributed by atoms with E-state index in [-0.39, 0.29) is 5.96 Å². The lowest BCUT2D eigenvalue weighted by Crippen LogP contribution is -2.22. The van der Waals surface area contributed by atoms with Crippen molar-refractivity contribution < 1.29 is 0 Å². The topological polar surface area (TPSA) is 101 Å². The highest BCUT2D eigenvalue weighted by Crippen LogP contribution is 2.12. The van der Waals surface area contributed by atoms with E-state index in [0.717, 1.165) is 22.6 Å². The molecule has 0 bridgehead atoms. The molecule has 2 aromatic rings. The number of hydrogen-bond donors (Lipinski definition) is 4. The number of nitrogens with zero attached hydrogens (tertiary/aromatic N) is 2. The van der Waals surface area contributed by atoms with E-state index < -0.39 is 0 Å². The Bertz CT molecular complexity index is 718. The van der Waals surface area contributed by atoms with E-state index in [9.17, 15) is 0 Å². The van der Waals surface area contributed by atoms with Gasteiger partial charge in [0.25, 0.3) is 0 Å². The first-order valence-electron chi connectivity index (χ1n) is 6.91. The molecule has 0 amide bonds. The summed E-state index contributed by atoms with van der Waals surface area (Å²) < 4.78 is 0. The molecule has 7 heteroatoms. The van der Waals surface area contributed by atoms with Crippen LogP contribution in [0.25, 0.3) is 0 Å². The second-order valence-electron chi connectivity index (χ2n) is 4.73. The van der Waals surface area contributed by atoms with Gasteiger partial charge in [-0.2, -0.15) is 5.10 Å². The molecule has 0 saturated carbocycles. The summed E-state index contributed by atoms with van der Waals surface area (Å²) in [4.78, 5) is 0. The highest BCUT2D eigenvalue weighted by Gasteiger charge is 2.01. The second-order valence-corrected chi connectivity index (χ2v) is 5.14. The minimum atomic E-state index is -0.0695. The second kappa shape index (κ2) is 7.90. The number of para-hydroxylation sites is 1. The van der Waals surface area contributed by atoms with Crippen LogP contribution in [0.5, 0.6) is 0 Å². The minimum absolute atomic E-state index is 0.0695. The molecule has 118 valence electrons. The van der Waals surface area contributed by atoms with Gasteiger partial charge in [-0.1, -0.05) is 30.3 Å². The van der Waals surface area contributed by atoms with Crippen LogP contribution in [-0.2, 0) is 0 Å². The lowest BCUT2D eigenvalue weighted by molar-refractivity contribution is 1.20. The molecule has 2 rings (SSSR count). The van der Waals surface area contributed by atoms with Crippen LogP contribution in [0.4, 0.5) is 11.4 Å². The predicted octanol–water partition coefficient (Wildman–Crippen LogP) is 2.49. The molecule has 0 aliphatic carbocycles. The number of guanidine groups is 1. The molecule has 2 aromatic carbocycles. The summed E-state index contributed by atoms with van der Waals surface area (Å²) in [6.45, 7) is 1.83. The number of nitrogens with one attached hydrogen (secondary N) is 2. The van der Waals surface area contributed by atoms with Gasteiger partial charge >= 0.3 is 0 Å². The number of rotatable bonds is 4. The number of hydrogen-bond acceptors (Lipinski definition) is 3. The van der Waals surface area contributed by atoms with Crippen molar-refractivity contribution in [1.29, 1.82) is 0 Å². The Morgan fingerprint density at radius 1 is 0.870 bits per heavy atom. The summed E-state index contributed by atoms with van der Waals surface area (Å²) in [5.41, 5.74) is 13.9. The largest absolute Gasteiger partial charge is 0.369 e. The monoisotopic (exact) mass is 326 g/mol. The first-order chi connectivity index (χ1) is 11.0. The Balaban J connectivity index is 1.98. The first kappa shape index (κ1) is 16.4. The molecule has 0 aromatic heterocycles. The first-order valence-corrected chi connectivity index (χ1v) is 7.32. The van der Waals surface area contributed by atoms with Gasteiger partial charge in [0.15, 0.2) is 5.11 Å². The van der Waals surface area contributed by atoms with Crippen molar-refractivity contribution in [3.05, 3.63) is 60.2 Å². The third-order valence-electron chi connectivity index (χ3n) is 2.91. The van der Waals surface area contributed by atoms with Gasteiger partial charge in [-0.3, -0.25) is 0 Å².